The summed E-state index contributed by atoms with van der Waals surface area (Å²) in [6, 6.07) is 2.34. The van der Waals surface area contributed by atoms with Gasteiger partial charge in [0.1, 0.15) is 5.30 Å². The molecule has 17 heavy (non-hydrogen) atoms. The minimum atomic E-state index is -4.75. The molecule has 0 amide bonds. The van der Waals surface area contributed by atoms with Crippen molar-refractivity contribution in [2.45, 2.75) is 0 Å². The lowest BCUT2D eigenvalue weighted by Gasteiger charge is -2.05. The molecule has 1 heterocycles. The van der Waals surface area contributed by atoms with Crippen molar-refractivity contribution < 1.29 is 23.1 Å². The van der Waals surface area contributed by atoms with E-state index in [1.165, 1.54) is 0 Å². The van der Waals surface area contributed by atoms with Crippen LogP contribution in [0.2, 0.25) is 0 Å². The van der Waals surface area contributed by atoms with Gasteiger partial charge in [-0.15, -0.1) is 0 Å². The maximum Gasteiger partial charge on any atom is 0.361 e. The van der Waals surface area contributed by atoms with E-state index in [-0.39, 0.29) is 10.9 Å². The molecule has 1 aromatic heterocycles. The third-order valence-corrected chi connectivity index (χ3v) is 3.14. The summed E-state index contributed by atoms with van der Waals surface area (Å²) < 4.78 is 36.7. The molecule has 0 aliphatic heterocycles. The zero-order chi connectivity index (χ0) is 12.8. The van der Waals surface area contributed by atoms with Gasteiger partial charge in [-0.2, -0.15) is 0 Å². The number of benzene rings is 1. The Labute approximate surface area is 92.9 Å². The normalized spacial score (nSPS) is 12.0. The van der Waals surface area contributed by atoms with Crippen LogP contribution in [0.4, 0.5) is 8.78 Å². The summed E-state index contributed by atoms with van der Waals surface area (Å²) in [6.07, 6.45) is 0. The maximum atomic E-state index is 12.9. The number of hydrogen-bond acceptors (Lipinski definition) is 2. The third-order valence-electron chi connectivity index (χ3n) is 2.18. The van der Waals surface area contributed by atoms with Crippen LogP contribution in [0.5, 0.6) is 0 Å². The number of pyridine rings is 1. The van der Waals surface area contributed by atoms with Crippen molar-refractivity contribution in [3.05, 3.63) is 40.2 Å². The standard InChI is InChI=1S/C9H6F2NO4P/c10-5-1-4-2-8(17(14,15)16)9(13)12-7(4)3-6(5)11/h1-3H,(H,12,13)(H2,14,15,16). The van der Waals surface area contributed by atoms with Crippen LogP contribution in [0, 0.1) is 11.6 Å². The molecule has 0 saturated heterocycles. The average molecular weight is 261 g/mol. The van der Waals surface area contributed by atoms with Crippen LogP contribution in [-0.2, 0) is 4.57 Å². The number of H-pyrrole nitrogens is 1. The molecular weight excluding hydrogens is 255 g/mol. The fourth-order valence-electron chi connectivity index (χ4n) is 1.41. The Hall–Kier alpha value is -1.56. The van der Waals surface area contributed by atoms with Crippen LogP contribution >= 0.6 is 7.60 Å². The first-order valence-corrected chi connectivity index (χ1v) is 5.98. The fourth-order valence-corrected chi connectivity index (χ4v) is 2.03. The lowest BCUT2D eigenvalue weighted by Crippen LogP contribution is -2.26. The topological polar surface area (TPSA) is 90.4 Å². The molecule has 0 atom stereocenters. The number of hydrogen-bond donors (Lipinski definition) is 3. The number of aromatic nitrogens is 1. The van der Waals surface area contributed by atoms with Crippen LogP contribution in [-0.4, -0.2) is 14.8 Å². The third kappa shape index (κ3) is 2.12. The smallest absolute Gasteiger partial charge is 0.321 e. The van der Waals surface area contributed by atoms with Gasteiger partial charge in [0.2, 0.25) is 0 Å². The molecule has 0 bridgehead atoms. The van der Waals surface area contributed by atoms with Gasteiger partial charge in [-0.25, -0.2) is 8.78 Å². The number of nitrogens with one attached hydrogen (secondary N) is 1. The molecular formula is C9H6F2NO4P. The first kappa shape index (κ1) is 11.9. The van der Waals surface area contributed by atoms with Gasteiger partial charge in [0.25, 0.3) is 5.56 Å². The Kier molecular flexibility index (Phi) is 2.61. The Morgan fingerprint density at radius 1 is 1.12 bits per heavy atom. The lowest BCUT2D eigenvalue weighted by molar-refractivity contribution is 0.387. The molecule has 0 aliphatic carbocycles. The zero-order valence-electron chi connectivity index (χ0n) is 8.15. The van der Waals surface area contributed by atoms with Gasteiger partial charge in [0.15, 0.2) is 11.6 Å². The van der Waals surface area contributed by atoms with Gasteiger partial charge in [-0.1, -0.05) is 0 Å². The number of aromatic amines is 1. The van der Waals surface area contributed by atoms with Crippen molar-refractivity contribution in [1.29, 1.82) is 0 Å². The highest BCUT2D eigenvalue weighted by Crippen LogP contribution is 2.32. The fraction of sp³-hybridized carbons (Fsp3) is 0. The van der Waals surface area contributed by atoms with Gasteiger partial charge < -0.3 is 14.8 Å². The summed E-state index contributed by atoms with van der Waals surface area (Å²) in [5, 5.41) is -0.780. The summed E-state index contributed by atoms with van der Waals surface area (Å²) in [7, 11) is -4.75. The Balaban J connectivity index is 2.86. The predicted molar refractivity (Wildman–Crippen MR) is 56.2 cm³/mol. The minimum absolute atomic E-state index is 0.00169. The second-order valence-electron chi connectivity index (χ2n) is 3.38. The molecule has 8 heteroatoms. The van der Waals surface area contributed by atoms with Gasteiger partial charge in [-0.3, -0.25) is 9.36 Å². The first-order valence-electron chi connectivity index (χ1n) is 4.37. The predicted octanol–water partition coefficient (Wildman–Crippen LogP) is 0.609. The van der Waals surface area contributed by atoms with E-state index in [1.807, 2.05) is 0 Å². The van der Waals surface area contributed by atoms with E-state index >= 15 is 0 Å². The Morgan fingerprint density at radius 3 is 2.29 bits per heavy atom. The SMILES string of the molecule is O=c1[nH]c2cc(F)c(F)cc2cc1P(=O)(O)O. The highest BCUT2D eigenvalue weighted by molar-refractivity contribution is 7.60. The summed E-state index contributed by atoms with van der Waals surface area (Å²) >= 11 is 0. The van der Waals surface area contributed by atoms with Crippen molar-refractivity contribution in [1.82, 2.24) is 4.98 Å². The summed E-state index contributed by atoms with van der Waals surface area (Å²) in [4.78, 5) is 31.1. The van der Waals surface area contributed by atoms with Crippen molar-refractivity contribution in [3.8, 4) is 0 Å². The maximum absolute atomic E-state index is 12.9. The summed E-state index contributed by atoms with van der Waals surface area (Å²) in [5.41, 5.74) is -1.07. The zero-order valence-corrected chi connectivity index (χ0v) is 9.04. The molecule has 0 spiro atoms. The van der Waals surface area contributed by atoms with Crippen molar-refractivity contribution in [2.24, 2.45) is 0 Å². The molecule has 0 unspecified atom stereocenters. The highest BCUT2D eigenvalue weighted by atomic mass is 31.2. The number of rotatable bonds is 1. The molecule has 0 radical (unpaired) electrons. The van der Waals surface area contributed by atoms with Gasteiger partial charge in [-0.05, 0) is 12.1 Å². The largest absolute Gasteiger partial charge is 0.361 e. The van der Waals surface area contributed by atoms with E-state index in [0.29, 0.717) is 0 Å². The van der Waals surface area contributed by atoms with E-state index in [4.69, 9.17) is 9.79 Å². The summed E-state index contributed by atoms with van der Waals surface area (Å²) in [5.74, 6) is -2.32. The second-order valence-corrected chi connectivity index (χ2v) is 4.95. The van der Waals surface area contributed by atoms with Crippen LogP contribution in [0.15, 0.2) is 23.0 Å². The highest BCUT2D eigenvalue weighted by Gasteiger charge is 2.22. The van der Waals surface area contributed by atoms with E-state index < -0.39 is 30.1 Å². The summed E-state index contributed by atoms with van der Waals surface area (Å²) in [6.45, 7) is 0. The quantitative estimate of drug-likeness (QED) is 0.656. The van der Waals surface area contributed by atoms with Gasteiger partial charge in [0, 0.05) is 11.5 Å². The van der Waals surface area contributed by atoms with Crippen LogP contribution in [0.25, 0.3) is 10.9 Å². The number of halogens is 2. The molecule has 0 aliphatic rings. The van der Waals surface area contributed by atoms with Crippen molar-refractivity contribution in [3.63, 3.8) is 0 Å². The van der Waals surface area contributed by atoms with Crippen LogP contribution < -0.4 is 10.9 Å². The van der Waals surface area contributed by atoms with Gasteiger partial charge in [0.05, 0.1) is 5.52 Å². The van der Waals surface area contributed by atoms with Gasteiger partial charge >= 0.3 is 7.60 Å². The molecule has 90 valence electrons. The molecule has 0 saturated carbocycles. The molecule has 3 N–H and O–H groups in total. The molecule has 0 fully saturated rings. The Morgan fingerprint density at radius 2 is 1.71 bits per heavy atom. The first-order chi connectivity index (χ1) is 7.79. The average Bonchev–Trinajstić information content (AvgIpc) is 2.18. The van der Waals surface area contributed by atoms with Crippen LogP contribution in [0.3, 0.4) is 0 Å². The van der Waals surface area contributed by atoms with E-state index in [9.17, 15) is 18.1 Å². The van der Waals surface area contributed by atoms with E-state index in [2.05, 4.69) is 4.98 Å². The second kappa shape index (κ2) is 3.73. The van der Waals surface area contributed by atoms with Crippen LogP contribution in [0.1, 0.15) is 0 Å². The Bertz CT molecular complexity index is 706. The monoisotopic (exact) mass is 261 g/mol. The molecule has 2 rings (SSSR count). The molecule has 1 aromatic carbocycles. The van der Waals surface area contributed by atoms with E-state index in [0.717, 1.165) is 18.2 Å². The molecule has 2 aromatic rings. The number of fused-ring (bicyclic) bond motifs is 1. The van der Waals surface area contributed by atoms with Crippen molar-refractivity contribution >= 4 is 23.8 Å². The van der Waals surface area contributed by atoms with Crippen molar-refractivity contribution in [2.75, 3.05) is 0 Å². The minimum Gasteiger partial charge on any atom is -0.321 e. The molecule has 5 nitrogen and oxygen atoms in total. The van der Waals surface area contributed by atoms with E-state index in [1.54, 1.807) is 0 Å². The lowest BCUT2D eigenvalue weighted by atomic mass is 10.2.